The van der Waals surface area contributed by atoms with Crippen LogP contribution in [-0.2, 0) is 16.6 Å². The van der Waals surface area contributed by atoms with Crippen LogP contribution in [0.4, 0.5) is 0 Å². The molecule has 7 heteroatoms. The zero-order valence-corrected chi connectivity index (χ0v) is 12.7. The van der Waals surface area contributed by atoms with Gasteiger partial charge in [0.25, 0.3) is 10.0 Å². The van der Waals surface area contributed by atoms with Crippen molar-refractivity contribution in [1.82, 2.24) is 9.71 Å². The first-order chi connectivity index (χ1) is 9.47. The van der Waals surface area contributed by atoms with E-state index in [9.17, 15) is 8.42 Å². The Morgan fingerprint density at radius 3 is 2.75 bits per heavy atom. The lowest BCUT2D eigenvalue weighted by Gasteiger charge is -1.98. The number of rotatable bonds is 2. The van der Waals surface area contributed by atoms with E-state index >= 15 is 0 Å². The van der Waals surface area contributed by atoms with Gasteiger partial charge in [0.15, 0.2) is 0 Å². The lowest BCUT2D eigenvalue weighted by Crippen LogP contribution is -2.22. The lowest BCUT2D eigenvalue weighted by atomic mass is 10.2. The average Bonchev–Trinajstić information content (AvgIpc) is 2.85. The van der Waals surface area contributed by atoms with Crippen LogP contribution in [0.3, 0.4) is 0 Å². The third-order valence-electron chi connectivity index (χ3n) is 3.04. The van der Waals surface area contributed by atoms with E-state index in [1.165, 1.54) is 0 Å². The molecule has 5 nitrogen and oxygen atoms in total. The topological polar surface area (TPSA) is 71.4 Å². The molecule has 0 bridgehead atoms. The highest BCUT2D eigenvalue weighted by molar-refractivity contribution is 7.90. The van der Waals surface area contributed by atoms with Crippen molar-refractivity contribution < 1.29 is 8.42 Å². The molecule has 0 aliphatic carbocycles. The molecule has 2 aromatic rings. The third kappa shape index (κ3) is 2.23. The Morgan fingerprint density at radius 1 is 1.30 bits per heavy atom. The third-order valence-corrected chi connectivity index (χ3v) is 5.50. The zero-order chi connectivity index (χ0) is 14.3. The molecule has 3 rings (SSSR count). The van der Waals surface area contributed by atoms with E-state index in [2.05, 4.69) is 14.7 Å². The van der Waals surface area contributed by atoms with Crippen molar-refractivity contribution in [2.45, 2.75) is 25.3 Å². The fourth-order valence-electron chi connectivity index (χ4n) is 2.12. The molecule has 2 heterocycles. The van der Waals surface area contributed by atoms with Crippen LogP contribution in [0.2, 0.25) is 0 Å². The number of aryl methyl sites for hydroxylation is 2. The van der Waals surface area contributed by atoms with Gasteiger partial charge in [0, 0.05) is 10.4 Å². The molecular weight excluding hydrogens is 294 g/mol. The molecule has 0 fully saturated rings. The van der Waals surface area contributed by atoms with Gasteiger partial charge in [-0.1, -0.05) is 12.1 Å². The van der Waals surface area contributed by atoms with Crippen molar-refractivity contribution in [1.29, 1.82) is 0 Å². The Balaban J connectivity index is 1.97. The Bertz CT molecular complexity index is 807. The van der Waals surface area contributed by atoms with Gasteiger partial charge >= 0.3 is 0 Å². The van der Waals surface area contributed by atoms with E-state index in [1.54, 1.807) is 35.6 Å². The molecule has 104 valence electrons. The highest BCUT2D eigenvalue weighted by atomic mass is 32.2. The largest absolute Gasteiger partial charge is 0.263 e. The van der Waals surface area contributed by atoms with Gasteiger partial charge in [-0.2, -0.15) is 0 Å². The molecule has 0 spiro atoms. The minimum atomic E-state index is -3.46. The molecule has 1 N–H and O–H groups in total. The number of amidine groups is 1. The van der Waals surface area contributed by atoms with Crippen molar-refractivity contribution in [3.63, 3.8) is 0 Å². The first kappa shape index (κ1) is 13.3. The molecule has 1 aromatic heterocycles. The second-order valence-corrected chi connectivity index (χ2v) is 7.45. The summed E-state index contributed by atoms with van der Waals surface area (Å²) in [7, 11) is -3.46. The lowest BCUT2D eigenvalue weighted by molar-refractivity contribution is 0.595. The normalized spacial score (nSPS) is 18.0. The molecular formula is C13H13N3O2S2. The summed E-state index contributed by atoms with van der Waals surface area (Å²) >= 11 is 1.58. The van der Waals surface area contributed by atoms with Crippen LogP contribution in [0.5, 0.6) is 0 Å². The summed E-state index contributed by atoms with van der Waals surface area (Å²) in [5.74, 6) is 0.408. The fraction of sp³-hybridized carbons (Fsp3) is 0.231. The standard InChI is InChI=1S/C13H13N3O2S2/c1-8-11(19-9(2)15-8)7-14-13-10-5-3-4-6-12(10)20(17,18)16-13/h3-6H,7H2,1-2H3,(H,14,16). The summed E-state index contributed by atoms with van der Waals surface area (Å²) in [6.07, 6.45) is 0. The van der Waals surface area contributed by atoms with Crippen molar-refractivity contribution in [2.75, 3.05) is 0 Å². The number of hydrogen-bond acceptors (Lipinski definition) is 5. The molecule has 0 saturated heterocycles. The number of hydrogen-bond donors (Lipinski definition) is 1. The fourth-order valence-corrected chi connectivity index (χ4v) is 4.23. The first-order valence-electron chi connectivity index (χ1n) is 6.07. The van der Waals surface area contributed by atoms with Gasteiger partial charge in [-0.05, 0) is 26.0 Å². The number of aliphatic imine (C=N–C) groups is 1. The molecule has 1 aliphatic rings. The Labute approximate surface area is 121 Å². The van der Waals surface area contributed by atoms with E-state index in [-0.39, 0.29) is 4.90 Å². The van der Waals surface area contributed by atoms with Gasteiger partial charge in [0.05, 0.1) is 22.1 Å². The van der Waals surface area contributed by atoms with Gasteiger partial charge in [-0.25, -0.2) is 13.4 Å². The smallest absolute Gasteiger partial charge is 0.263 e. The van der Waals surface area contributed by atoms with E-state index in [0.29, 0.717) is 17.9 Å². The number of nitrogens with one attached hydrogen (secondary N) is 1. The predicted molar refractivity (Wildman–Crippen MR) is 78.6 cm³/mol. The van der Waals surface area contributed by atoms with E-state index in [4.69, 9.17) is 0 Å². The van der Waals surface area contributed by atoms with Gasteiger partial charge < -0.3 is 0 Å². The van der Waals surface area contributed by atoms with Gasteiger partial charge in [-0.3, -0.25) is 9.71 Å². The highest BCUT2D eigenvalue weighted by Crippen LogP contribution is 2.23. The number of aromatic nitrogens is 1. The zero-order valence-electron chi connectivity index (χ0n) is 11.0. The molecule has 0 atom stereocenters. The summed E-state index contributed by atoms with van der Waals surface area (Å²) < 4.78 is 26.4. The number of sulfonamides is 1. The maximum absolute atomic E-state index is 11.9. The van der Waals surface area contributed by atoms with Crippen molar-refractivity contribution in [3.8, 4) is 0 Å². The Morgan fingerprint density at radius 2 is 2.05 bits per heavy atom. The molecule has 0 radical (unpaired) electrons. The maximum Gasteiger partial charge on any atom is 0.263 e. The summed E-state index contributed by atoms with van der Waals surface area (Å²) in [6.45, 7) is 4.32. The number of fused-ring (bicyclic) bond motifs is 1. The maximum atomic E-state index is 11.9. The summed E-state index contributed by atoms with van der Waals surface area (Å²) in [5.41, 5.74) is 1.58. The van der Waals surface area contributed by atoms with E-state index in [1.807, 2.05) is 13.8 Å². The summed E-state index contributed by atoms with van der Waals surface area (Å²) in [4.78, 5) is 10.1. The molecule has 1 aliphatic heterocycles. The number of benzene rings is 1. The highest BCUT2D eigenvalue weighted by Gasteiger charge is 2.30. The Hall–Kier alpha value is -1.73. The van der Waals surface area contributed by atoms with Gasteiger partial charge in [0.2, 0.25) is 0 Å². The van der Waals surface area contributed by atoms with E-state index in [0.717, 1.165) is 15.6 Å². The van der Waals surface area contributed by atoms with Crippen LogP contribution in [0.15, 0.2) is 34.2 Å². The van der Waals surface area contributed by atoms with Crippen LogP contribution in [-0.4, -0.2) is 19.2 Å². The molecule has 0 amide bonds. The van der Waals surface area contributed by atoms with Crippen molar-refractivity contribution in [2.24, 2.45) is 4.99 Å². The molecule has 0 unspecified atom stereocenters. The Kier molecular flexibility index (Phi) is 3.10. The van der Waals surface area contributed by atoms with Crippen LogP contribution in [0, 0.1) is 13.8 Å². The SMILES string of the molecule is Cc1nc(C)c(CN=C2NS(=O)(=O)c3ccccc32)s1. The van der Waals surface area contributed by atoms with E-state index < -0.39 is 10.0 Å². The molecule has 1 aromatic carbocycles. The predicted octanol–water partition coefficient (Wildman–Crippen LogP) is 2.00. The van der Waals surface area contributed by atoms with Crippen LogP contribution >= 0.6 is 11.3 Å². The second kappa shape index (κ2) is 4.68. The molecule has 20 heavy (non-hydrogen) atoms. The first-order valence-corrected chi connectivity index (χ1v) is 8.37. The van der Waals surface area contributed by atoms with Crippen LogP contribution in [0.1, 0.15) is 21.1 Å². The monoisotopic (exact) mass is 307 g/mol. The number of nitrogens with zero attached hydrogens (tertiary/aromatic N) is 2. The second-order valence-electron chi connectivity index (χ2n) is 4.51. The van der Waals surface area contributed by atoms with Crippen LogP contribution < -0.4 is 4.72 Å². The molecule has 0 saturated carbocycles. The summed E-state index contributed by atoms with van der Waals surface area (Å²) in [6, 6.07) is 6.86. The average molecular weight is 307 g/mol. The minimum Gasteiger partial charge on any atom is -0.263 e. The van der Waals surface area contributed by atoms with Crippen LogP contribution in [0.25, 0.3) is 0 Å². The quantitative estimate of drug-likeness (QED) is 0.922. The van der Waals surface area contributed by atoms with Gasteiger partial charge in [0.1, 0.15) is 5.84 Å². The number of thiazole rings is 1. The summed E-state index contributed by atoms with van der Waals surface area (Å²) in [5, 5.41) is 0.991. The van der Waals surface area contributed by atoms with Crippen molar-refractivity contribution >= 4 is 27.2 Å². The van der Waals surface area contributed by atoms with Crippen molar-refractivity contribution in [3.05, 3.63) is 45.4 Å². The van der Waals surface area contributed by atoms with Gasteiger partial charge in [-0.15, -0.1) is 11.3 Å². The minimum absolute atomic E-state index is 0.288.